The lowest BCUT2D eigenvalue weighted by Crippen LogP contribution is -2.20. The molecule has 8 nitrogen and oxygen atoms in total. The number of hydrogen-bond donors (Lipinski definition) is 0. The van der Waals surface area contributed by atoms with Crippen LogP contribution in [0.5, 0.6) is 11.5 Å². The van der Waals surface area contributed by atoms with E-state index in [0.29, 0.717) is 42.5 Å². The van der Waals surface area contributed by atoms with Crippen LogP contribution in [0.25, 0.3) is 6.08 Å². The van der Waals surface area contributed by atoms with Gasteiger partial charge in [0, 0.05) is 11.1 Å². The molecule has 0 N–H and O–H groups in total. The molecule has 0 saturated heterocycles. The molecule has 0 bridgehead atoms. The van der Waals surface area contributed by atoms with Crippen LogP contribution >= 0.6 is 0 Å². The van der Waals surface area contributed by atoms with Gasteiger partial charge in [-0.2, -0.15) is 15.8 Å². The van der Waals surface area contributed by atoms with E-state index < -0.39 is 5.60 Å². The van der Waals surface area contributed by atoms with Gasteiger partial charge in [0.15, 0.2) is 22.8 Å². The number of carbonyl (C=O) groups is 1. The van der Waals surface area contributed by atoms with E-state index in [0.717, 1.165) is 56.9 Å². The van der Waals surface area contributed by atoms with Crippen molar-refractivity contribution in [1.29, 1.82) is 15.8 Å². The van der Waals surface area contributed by atoms with Gasteiger partial charge in [0.05, 0.1) is 19.8 Å². The number of carbonyl (C=O) groups excluding carboxylic acids is 1. The minimum atomic E-state index is -0.885. The monoisotopic (exact) mass is 571 g/mol. The maximum Gasteiger partial charge on any atom is 0.333 e. The summed E-state index contributed by atoms with van der Waals surface area (Å²) in [5, 5.41) is 28.4. The quantitative estimate of drug-likeness (QED) is 0.0808. The van der Waals surface area contributed by atoms with Crippen molar-refractivity contribution in [2.45, 2.75) is 84.7 Å². The molecule has 0 radical (unpaired) electrons. The van der Waals surface area contributed by atoms with Crippen LogP contribution < -0.4 is 9.47 Å². The van der Waals surface area contributed by atoms with Crippen molar-refractivity contribution in [3.8, 4) is 29.7 Å². The Morgan fingerprint density at radius 3 is 2.14 bits per heavy atom. The predicted molar refractivity (Wildman–Crippen MR) is 161 cm³/mol. The van der Waals surface area contributed by atoms with E-state index in [-0.39, 0.29) is 22.9 Å². The van der Waals surface area contributed by atoms with Crippen LogP contribution in [0.4, 0.5) is 0 Å². The Labute approximate surface area is 250 Å². The summed E-state index contributed by atoms with van der Waals surface area (Å²) in [7, 11) is 0. The molecule has 0 saturated carbocycles. The third-order valence-corrected chi connectivity index (χ3v) is 6.61. The van der Waals surface area contributed by atoms with E-state index in [1.807, 2.05) is 36.4 Å². The maximum absolute atomic E-state index is 11.4. The summed E-state index contributed by atoms with van der Waals surface area (Å²) in [5.74, 6) is 0.973. The Kier molecular flexibility index (Phi) is 13.9. The first kappa shape index (κ1) is 33.7. The zero-order chi connectivity index (χ0) is 31.0. The third kappa shape index (κ3) is 10.2. The molecular weight excluding hydrogens is 530 g/mol. The second kappa shape index (κ2) is 17.4. The molecule has 0 fully saturated rings. The van der Waals surface area contributed by atoms with Crippen molar-refractivity contribution >= 4 is 12.0 Å². The highest BCUT2D eigenvalue weighted by molar-refractivity contribution is 5.86. The molecule has 1 aromatic carbocycles. The van der Waals surface area contributed by atoms with Crippen LogP contribution in [0.2, 0.25) is 0 Å². The Morgan fingerprint density at radius 2 is 1.55 bits per heavy atom. The number of benzene rings is 1. The summed E-state index contributed by atoms with van der Waals surface area (Å²) in [4.78, 5) is 11.4. The standard InChI is InChI=1S/C34H41N3O5/c1-6-7-8-11-19-40-31-21-26(14-16-29-28(24-37)32(27(22-35)23-36)42-34(29,4)5)15-17-30(31)39-18-12-9-10-13-20-41-33(38)25(2)3/h14-17,21H,2,6-13,18-20H2,1,3-5H3. The molecule has 8 heteroatoms. The van der Waals surface area contributed by atoms with Gasteiger partial charge in [0.25, 0.3) is 0 Å². The molecule has 42 heavy (non-hydrogen) atoms. The average molecular weight is 572 g/mol. The lowest BCUT2D eigenvalue weighted by molar-refractivity contribution is -0.139. The number of unbranched alkanes of at least 4 members (excludes halogenated alkanes) is 6. The summed E-state index contributed by atoms with van der Waals surface area (Å²) in [6.45, 7) is 12.5. The van der Waals surface area contributed by atoms with Gasteiger partial charge in [-0.05, 0) is 70.6 Å². The maximum atomic E-state index is 11.4. The Balaban J connectivity index is 2.12. The van der Waals surface area contributed by atoms with Gasteiger partial charge in [-0.15, -0.1) is 0 Å². The van der Waals surface area contributed by atoms with Crippen LogP contribution in [-0.2, 0) is 14.3 Å². The second-order valence-electron chi connectivity index (χ2n) is 10.6. The minimum absolute atomic E-state index is 0.0138. The second-order valence-corrected chi connectivity index (χ2v) is 10.6. The fourth-order valence-electron chi connectivity index (χ4n) is 4.26. The molecule has 0 atom stereocenters. The van der Waals surface area contributed by atoms with Crippen LogP contribution in [0.3, 0.4) is 0 Å². The lowest BCUT2D eigenvalue weighted by Gasteiger charge is -2.20. The molecule has 1 heterocycles. The van der Waals surface area contributed by atoms with Crippen LogP contribution in [0.1, 0.15) is 84.6 Å². The number of allylic oxidation sites excluding steroid dienone is 2. The average Bonchev–Trinajstić information content (AvgIpc) is 3.23. The lowest BCUT2D eigenvalue weighted by atomic mass is 9.94. The molecular formula is C34H41N3O5. The fraction of sp³-hybridized carbons (Fsp3) is 0.471. The highest BCUT2D eigenvalue weighted by atomic mass is 16.5. The molecule has 0 aliphatic carbocycles. The van der Waals surface area contributed by atoms with E-state index in [1.165, 1.54) is 0 Å². The molecule has 0 amide bonds. The van der Waals surface area contributed by atoms with Crippen molar-refractivity contribution in [2.75, 3.05) is 19.8 Å². The van der Waals surface area contributed by atoms with Crippen molar-refractivity contribution in [2.24, 2.45) is 0 Å². The molecule has 0 aromatic heterocycles. The van der Waals surface area contributed by atoms with Gasteiger partial charge in [-0.3, -0.25) is 0 Å². The zero-order valence-electron chi connectivity index (χ0n) is 25.3. The molecule has 1 aromatic rings. The van der Waals surface area contributed by atoms with Crippen LogP contribution in [0.15, 0.2) is 58.9 Å². The van der Waals surface area contributed by atoms with Crippen molar-refractivity contribution in [1.82, 2.24) is 0 Å². The number of ether oxygens (including phenoxy) is 4. The van der Waals surface area contributed by atoms with Gasteiger partial charge < -0.3 is 18.9 Å². The predicted octanol–water partition coefficient (Wildman–Crippen LogP) is 7.65. The van der Waals surface area contributed by atoms with Crippen LogP contribution in [0, 0.1) is 34.0 Å². The Morgan fingerprint density at radius 1 is 0.929 bits per heavy atom. The fourth-order valence-corrected chi connectivity index (χ4v) is 4.26. The SMILES string of the molecule is C=C(C)C(=O)OCCCCCCOc1ccc(C=CC2=C(C#N)C(=C(C#N)C#N)OC2(C)C)cc1OCCCCCC. The summed E-state index contributed by atoms with van der Waals surface area (Å²) in [5.41, 5.74) is 0.896. The summed E-state index contributed by atoms with van der Waals surface area (Å²) < 4.78 is 23.2. The highest BCUT2D eigenvalue weighted by Gasteiger charge is 2.38. The minimum Gasteiger partial charge on any atom is -0.490 e. The summed E-state index contributed by atoms with van der Waals surface area (Å²) >= 11 is 0. The van der Waals surface area contributed by atoms with E-state index in [9.17, 15) is 20.6 Å². The summed E-state index contributed by atoms with van der Waals surface area (Å²) in [6, 6.07) is 11.4. The Hall–Kier alpha value is -4.48. The van der Waals surface area contributed by atoms with E-state index in [2.05, 4.69) is 19.6 Å². The molecule has 222 valence electrons. The topological polar surface area (TPSA) is 125 Å². The number of hydrogen-bond acceptors (Lipinski definition) is 8. The normalized spacial score (nSPS) is 13.6. The van der Waals surface area contributed by atoms with Crippen LogP contribution in [-0.4, -0.2) is 31.4 Å². The first-order valence-corrected chi connectivity index (χ1v) is 14.5. The number of nitriles is 3. The van der Waals surface area contributed by atoms with Crippen molar-refractivity contribution in [3.63, 3.8) is 0 Å². The van der Waals surface area contributed by atoms with Gasteiger partial charge >= 0.3 is 5.97 Å². The highest BCUT2D eigenvalue weighted by Crippen LogP contribution is 2.40. The zero-order valence-corrected chi connectivity index (χ0v) is 25.3. The van der Waals surface area contributed by atoms with Gasteiger partial charge in [0.2, 0.25) is 0 Å². The van der Waals surface area contributed by atoms with E-state index >= 15 is 0 Å². The largest absolute Gasteiger partial charge is 0.490 e. The van der Waals surface area contributed by atoms with Crippen molar-refractivity contribution < 1.29 is 23.7 Å². The number of esters is 1. The van der Waals surface area contributed by atoms with E-state index in [4.69, 9.17) is 18.9 Å². The molecule has 0 unspecified atom stereocenters. The summed E-state index contributed by atoms with van der Waals surface area (Å²) in [6.07, 6.45) is 11.5. The molecule has 2 rings (SSSR count). The molecule has 0 spiro atoms. The number of rotatable bonds is 17. The van der Waals surface area contributed by atoms with Gasteiger partial charge in [-0.1, -0.05) is 51.0 Å². The van der Waals surface area contributed by atoms with E-state index in [1.54, 1.807) is 26.8 Å². The van der Waals surface area contributed by atoms with Gasteiger partial charge in [0.1, 0.15) is 29.4 Å². The van der Waals surface area contributed by atoms with Crippen molar-refractivity contribution in [3.05, 3.63) is 64.5 Å². The molecule has 1 aliphatic rings. The smallest absolute Gasteiger partial charge is 0.333 e. The number of nitrogens with zero attached hydrogens (tertiary/aromatic N) is 3. The van der Waals surface area contributed by atoms with Gasteiger partial charge in [-0.25, -0.2) is 4.79 Å². The Bertz CT molecular complexity index is 1320. The molecule has 1 aliphatic heterocycles. The first-order chi connectivity index (χ1) is 20.2. The third-order valence-electron chi connectivity index (χ3n) is 6.61. The first-order valence-electron chi connectivity index (χ1n) is 14.5.